The van der Waals surface area contributed by atoms with E-state index in [-0.39, 0.29) is 11.5 Å². The lowest BCUT2D eigenvalue weighted by molar-refractivity contribution is 0.282. The van der Waals surface area contributed by atoms with E-state index in [0.29, 0.717) is 39.4 Å². The standard InChI is InChI=1S/C26H21ClN4O3S/c27-19-9-12-20(13-10-19)29-15-21-11-8-18(17-32)25(30-21)24-16-31(26-23(24)7-4-14-28-26)35(33,34)22-5-2-1-3-6-22/h1-14,16,29,32H,15,17H2. The van der Waals surface area contributed by atoms with Crippen molar-refractivity contribution >= 4 is 38.3 Å². The molecule has 0 saturated carbocycles. The van der Waals surface area contributed by atoms with Gasteiger partial charge in [0.1, 0.15) is 0 Å². The second-order valence-electron chi connectivity index (χ2n) is 7.86. The van der Waals surface area contributed by atoms with Crippen molar-refractivity contribution in [2.24, 2.45) is 0 Å². The number of nitrogens with zero attached hydrogens (tertiary/aromatic N) is 3. The third kappa shape index (κ3) is 4.51. The molecule has 0 aliphatic rings. The SMILES string of the molecule is O=S(=O)(c1ccccc1)n1cc(-c2nc(CNc3ccc(Cl)cc3)ccc2CO)c2cccnc21. The van der Waals surface area contributed by atoms with Crippen molar-refractivity contribution in [2.75, 3.05) is 5.32 Å². The highest BCUT2D eigenvalue weighted by atomic mass is 35.5. The summed E-state index contributed by atoms with van der Waals surface area (Å²) in [6.45, 7) is 0.186. The smallest absolute Gasteiger partial charge is 0.269 e. The first-order valence-electron chi connectivity index (χ1n) is 10.8. The molecule has 0 atom stereocenters. The number of benzene rings is 2. The summed E-state index contributed by atoms with van der Waals surface area (Å²) < 4.78 is 28.0. The summed E-state index contributed by atoms with van der Waals surface area (Å²) in [6.07, 6.45) is 3.08. The fourth-order valence-corrected chi connectivity index (χ4v) is 5.33. The van der Waals surface area contributed by atoms with Crippen molar-refractivity contribution in [3.8, 4) is 11.3 Å². The second kappa shape index (κ2) is 9.50. The van der Waals surface area contributed by atoms with Gasteiger partial charge in [0.15, 0.2) is 5.65 Å². The fraction of sp³-hybridized carbons (Fsp3) is 0.0769. The Hall–Kier alpha value is -3.72. The lowest BCUT2D eigenvalue weighted by Crippen LogP contribution is -2.12. The van der Waals surface area contributed by atoms with E-state index < -0.39 is 10.0 Å². The predicted octanol–water partition coefficient (Wildman–Crippen LogP) is 5.09. The lowest BCUT2D eigenvalue weighted by Gasteiger charge is -2.11. The van der Waals surface area contributed by atoms with Gasteiger partial charge < -0.3 is 10.4 Å². The molecule has 0 amide bonds. The van der Waals surface area contributed by atoms with E-state index in [2.05, 4.69) is 10.3 Å². The van der Waals surface area contributed by atoms with Crippen LogP contribution in [-0.2, 0) is 23.2 Å². The molecule has 3 aromatic heterocycles. The molecule has 3 heterocycles. The zero-order chi connectivity index (χ0) is 24.4. The molecule has 2 N–H and O–H groups in total. The van der Waals surface area contributed by atoms with E-state index in [1.54, 1.807) is 66.9 Å². The summed E-state index contributed by atoms with van der Waals surface area (Å²) in [5.41, 5.74) is 3.57. The third-order valence-corrected chi connectivity index (χ3v) is 7.53. The van der Waals surface area contributed by atoms with Crippen LogP contribution in [0.25, 0.3) is 22.3 Å². The Kier molecular flexibility index (Phi) is 6.25. The van der Waals surface area contributed by atoms with Gasteiger partial charge in [-0.05, 0) is 54.6 Å². The summed E-state index contributed by atoms with van der Waals surface area (Å²) >= 11 is 5.96. The predicted molar refractivity (Wildman–Crippen MR) is 137 cm³/mol. The van der Waals surface area contributed by atoms with Crippen LogP contribution < -0.4 is 5.32 Å². The number of aliphatic hydroxyl groups is 1. The first kappa shape index (κ1) is 23.0. The van der Waals surface area contributed by atoms with E-state index in [1.165, 1.54) is 10.2 Å². The van der Waals surface area contributed by atoms with Gasteiger partial charge in [0, 0.05) is 39.6 Å². The lowest BCUT2D eigenvalue weighted by atomic mass is 10.1. The largest absolute Gasteiger partial charge is 0.392 e. The number of aliphatic hydroxyl groups excluding tert-OH is 1. The normalized spacial score (nSPS) is 11.6. The monoisotopic (exact) mass is 504 g/mol. The maximum absolute atomic E-state index is 13.4. The Bertz CT molecular complexity index is 1600. The Morgan fingerprint density at radius 3 is 2.46 bits per heavy atom. The Balaban J connectivity index is 1.59. The topological polar surface area (TPSA) is 97.1 Å². The van der Waals surface area contributed by atoms with Gasteiger partial charge in [-0.2, -0.15) is 0 Å². The van der Waals surface area contributed by atoms with Crippen molar-refractivity contribution in [3.05, 3.63) is 108 Å². The average Bonchev–Trinajstić information content (AvgIpc) is 3.29. The number of nitrogens with one attached hydrogen (secondary N) is 1. The summed E-state index contributed by atoms with van der Waals surface area (Å²) in [4.78, 5) is 9.29. The number of anilines is 1. The van der Waals surface area contributed by atoms with Crippen LogP contribution in [0.1, 0.15) is 11.3 Å². The van der Waals surface area contributed by atoms with Crippen LogP contribution in [0, 0.1) is 0 Å². The molecule has 5 rings (SSSR count). The molecule has 7 nitrogen and oxygen atoms in total. The molecular formula is C26H21ClN4O3S. The highest BCUT2D eigenvalue weighted by molar-refractivity contribution is 7.90. The number of fused-ring (bicyclic) bond motifs is 1. The molecule has 0 fully saturated rings. The first-order valence-corrected chi connectivity index (χ1v) is 12.7. The molecule has 0 bridgehead atoms. The molecule has 0 radical (unpaired) electrons. The molecule has 0 unspecified atom stereocenters. The first-order chi connectivity index (χ1) is 17.0. The van der Waals surface area contributed by atoms with Crippen molar-refractivity contribution in [2.45, 2.75) is 18.0 Å². The van der Waals surface area contributed by atoms with E-state index in [9.17, 15) is 13.5 Å². The number of hydrogen-bond acceptors (Lipinski definition) is 6. The quantitative estimate of drug-likeness (QED) is 0.320. The third-order valence-electron chi connectivity index (χ3n) is 5.61. The summed E-state index contributed by atoms with van der Waals surface area (Å²) in [6, 6.07) is 22.7. The van der Waals surface area contributed by atoms with Crippen LogP contribution in [0.3, 0.4) is 0 Å². The Morgan fingerprint density at radius 2 is 1.71 bits per heavy atom. The van der Waals surface area contributed by atoms with Gasteiger partial charge in [0.2, 0.25) is 0 Å². The number of halogens is 1. The Labute approximate surface area is 207 Å². The highest BCUT2D eigenvalue weighted by Crippen LogP contribution is 2.33. The van der Waals surface area contributed by atoms with Crippen molar-refractivity contribution < 1.29 is 13.5 Å². The van der Waals surface area contributed by atoms with Gasteiger partial charge in [0.25, 0.3) is 10.0 Å². The van der Waals surface area contributed by atoms with Gasteiger partial charge in [-0.15, -0.1) is 0 Å². The van der Waals surface area contributed by atoms with E-state index in [0.717, 1.165) is 11.4 Å². The molecule has 2 aromatic carbocycles. The average molecular weight is 505 g/mol. The highest BCUT2D eigenvalue weighted by Gasteiger charge is 2.24. The van der Waals surface area contributed by atoms with Crippen LogP contribution in [0.15, 0.2) is 96.2 Å². The maximum Gasteiger partial charge on any atom is 0.269 e. The zero-order valence-corrected chi connectivity index (χ0v) is 20.0. The van der Waals surface area contributed by atoms with E-state index in [4.69, 9.17) is 16.6 Å². The molecule has 0 aliphatic carbocycles. The molecule has 0 aliphatic heterocycles. The minimum absolute atomic E-state index is 0.158. The zero-order valence-electron chi connectivity index (χ0n) is 18.5. The van der Waals surface area contributed by atoms with Crippen LogP contribution in [-0.4, -0.2) is 27.5 Å². The summed E-state index contributed by atoms with van der Waals surface area (Å²) in [5.74, 6) is 0. The van der Waals surface area contributed by atoms with Gasteiger partial charge in [-0.25, -0.2) is 17.4 Å². The maximum atomic E-state index is 13.4. The van der Waals surface area contributed by atoms with Crippen molar-refractivity contribution in [1.82, 2.24) is 13.9 Å². The van der Waals surface area contributed by atoms with Gasteiger partial charge in [-0.3, -0.25) is 4.98 Å². The van der Waals surface area contributed by atoms with Crippen LogP contribution in [0.5, 0.6) is 0 Å². The number of aromatic nitrogens is 3. The Morgan fingerprint density at radius 1 is 0.943 bits per heavy atom. The van der Waals surface area contributed by atoms with E-state index in [1.807, 2.05) is 18.2 Å². The van der Waals surface area contributed by atoms with Crippen LogP contribution in [0.4, 0.5) is 5.69 Å². The van der Waals surface area contributed by atoms with Crippen LogP contribution in [0.2, 0.25) is 5.02 Å². The van der Waals surface area contributed by atoms with Gasteiger partial charge in [-0.1, -0.05) is 35.9 Å². The van der Waals surface area contributed by atoms with Crippen molar-refractivity contribution in [1.29, 1.82) is 0 Å². The molecular weight excluding hydrogens is 484 g/mol. The fourth-order valence-electron chi connectivity index (χ4n) is 3.86. The minimum Gasteiger partial charge on any atom is -0.392 e. The molecule has 9 heteroatoms. The summed E-state index contributed by atoms with van der Waals surface area (Å²) in [5, 5.41) is 14.6. The molecule has 5 aromatic rings. The van der Waals surface area contributed by atoms with Crippen molar-refractivity contribution in [3.63, 3.8) is 0 Å². The van der Waals surface area contributed by atoms with Gasteiger partial charge >= 0.3 is 0 Å². The second-order valence-corrected chi connectivity index (χ2v) is 10.1. The molecule has 176 valence electrons. The van der Waals surface area contributed by atoms with E-state index >= 15 is 0 Å². The molecule has 0 spiro atoms. The van der Waals surface area contributed by atoms with Gasteiger partial charge in [0.05, 0.1) is 29.4 Å². The van der Waals surface area contributed by atoms with Crippen LogP contribution >= 0.6 is 11.6 Å². The number of rotatable bonds is 7. The minimum atomic E-state index is -3.89. The molecule has 35 heavy (non-hydrogen) atoms. The number of pyridine rings is 2. The molecule has 0 saturated heterocycles. The summed E-state index contributed by atoms with van der Waals surface area (Å²) in [7, 11) is -3.89. The number of hydrogen-bond donors (Lipinski definition) is 2.